The van der Waals surface area contributed by atoms with Crippen molar-refractivity contribution in [3.8, 4) is 0 Å². The number of piperazine rings is 1. The van der Waals surface area contributed by atoms with Gasteiger partial charge in [-0.3, -0.25) is 14.4 Å². The summed E-state index contributed by atoms with van der Waals surface area (Å²) in [6.45, 7) is 0.871. The first-order valence-electron chi connectivity index (χ1n) is 5.87. The van der Waals surface area contributed by atoms with Crippen LogP contribution in [-0.2, 0) is 19.2 Å². The van der Waals surface area contributed by atoms with E-state index in [0.29, 0.717) is 13.0 Å². The van der Waals surface area contributed by atoms with Gasteiger partial charge in [0.15, 0.2) is 0 Å². The molecule has 1 atom stereocenters. The lowest BCUT2D eigenvalue weighted by Gasteiger charge is -2.36. The molecule has 2 rings (SSSR count). The normalized spacial score (nSPS) is 23.3. The molecule has 1 unspecified atom stereocenters. The van der Waals surface area contributed by atoms with E-state index in [2.05, 4.69) is 4.84 Å². The number of nitrogens with two attached hydrogens (primary N) is 1. The van der Waals surface area contributed by atoms with Crippen LogP contribution in [0.2, 0.25) is 0 Å². The smallest absolute Gasteiger partial charge is 0.328 e. The Bertz CT molecular complexity index is 373. The second kappa shape index (κ2) is 5.32. The molecule has 2 aliphatic rings. The van der Waals surface area contributed by atoms with Crippen molar-refractivity contribution in [2.24, 2.45) is 5.84 Å². The molecular weight excluding hydrogens is 240 g/mol. The monoisotopic (exact) mass is 256 g/mol. The number of hydrogen-bond donors (Lipinski definition) is 2. The fourth-order valence-electron chi connectivity index (χ4n) is 2.40. The Hall–Kier alpha value is -1.67. The second-order valence-corrected chi connectivity index (χ2v) is 4.35. The molecule has 0 bridgehead atoms. The number of rotatable bonds is 4. The van der Waals surface area contributed by atoms with Crippen LogP contribution in [0, 0.1) is 0 Å². The van der Waals surface area contributed by atoms with Crippen LogP contribution in [0.15, 0.2) is 0 Å². The van der Waals surface area contributed by atoms with E-state index in [0.717, 1.165) is 6.42 Å². The molecule has 2 heterocycles. The molecule has 0 aromatic carbocycles. The standard InChI is InChI=1S/C10H16N4O4/c11-12-18-9(16)3-5-13-6-8(15)14-4-1-2-7(14)10(13)17/h7,12H,1-6,11H2. The zero-order valence-corrected chi connectivity index (χ0v) is 9.92. The summed E-state index contributed by atoms with van der Waals surface area (Å²) in [5.41, 5.74) is 1.78. The third-order valence-corrected chi connectivity index (χ3v) is 3.25. The van der Waals surface area contributed by atoms with Crippen molar-refractivity contribution in [1.82, 2.24) is 15.4 Å². The summed E-state index contributed by atoms with van der Waals surface area (Å²) >= 11 is 0. The first-order chi connectivity index (χ1) is 8.63. The van der Waals surface area contributed by atoms with Crippen LogP contribution in [0.4, 0.5) is 0 Å². The summed E-state index contributed by atoms with van der Waals surface area (Å²) in [5.74, 6) is 4.12. The Morgan fingerprint density at radius 3 is 3.00 bits per heavy atom. The van der Waals surface area contributed by atoms with E-state index in [9.17, 15) is 14.4 Å². The molecule has 8 nitrogen and oxygen atoms in total. The molecule has 0 aliphatic carbocycles. The Morgan fingerprint density at radius 2 is 2.28 bits per heavy atom. The third-order valence-electron chi connectivity index (χ3n) is 3.25. The van der Waals surface area contributed by atoms with Gasteiger partial charge >= 0.3 is 5.97 Å². The number of hydrogen-bond acceptors (Lipinski definition) is 6. The molecule has 2 fully saturated rings. The van der Waals surface area contributed by atoms with Gasteiger partial charge in [-0.2, -0.15) is 0 Å². The van der Waals surface area contributed by atoms with Crippen LogP contribution in [0.25, 0.3) is 0 Å². The minimum absolute atomic E-state index is 0.00986. The number of carbonyl (C=O) groups is 3. The van der Waals surface area contributed by atoms with E-state index < -0.39 is 5.97 Å². The summed E-state index contributed by atoms with van der Waals surface area (Å²) in [6.07, 6.45) is 1.57. The van der Waals surface area contributed by atoms with Crippen molar-refractivity contribution < 1.29 is 19.2 Å². The van der Waals surface area contributed by atoms with Crippen molar-refractivity contribution in [1.29, 1.82) is 0 Å². The molecule has 2 amide bonds. The molecule has 8 heteroatoms. The van der Waals surface area contributed by atoms with Gasteiger partial charge in [-0.1, -0.05) is 5.59 Å². The van der Waals surface area contributed by atoms with Crippen molar-refractivity contribution in [2.75, 3.05) is 19.6 Å². The third kappa shape index (κ3) is 2.44. The second-order valence-electron chi connectivity index (χ2n) is 4.35. The van der Waals surface area contributed by atoms with Crippen LogP contribution < -0.4 is 11.4 Å². The Labute approximate surface area is 104 Å². The van der Waals surface area contributed by atoms with Gasteiger partial charge < -0.3 is 14.6 Å². The summed E-state index contributed by atoms with van der Waals surface area (Å²) in [7, 11) is 0. The summed E-state index contributed by atoms with van der Waals surface area (Å²) in [5, 5.41) is 0. The first-order valence-corrected chi connectivity index (χ1v) is 5.87. The van der Waals surface area contributed by atoms with E-state index in [1.54, 1.807) is 10.5 Å². The average Bonchev–Trinajstić information content (AvgIpc) is 2.82. The fourth-order valence-corrected chi connectivity index (χ4v) is 2.40. The quantitative estimate of drug-likeness (QED) is 0.451. The maximum Gasteiger partial charge on any atom is 0.328 e. The molecule has 100 valence electrons. The number of nitrogens with zero attached hydrogens (tertiary/aromatic N) is 2. The SMILES string of the molecule is NNOC(=O)CCN1CC(=O)N2CCCC2C1=O. The topological polar surface area (TPSA) is 105 Å². The summed E-state index contributed by atoms with van der Waals surface area (Å²) in [4.78, 5) is 42.3. The van der Waals surface area contributed by atoms with Gasteiger partial charge in [-0.05, 0) is 12.8 Å². The number of fused-ring (bicyclic) bond motifs is 1. The van der Waals surface area contributed by atoms with Crippen LogP contribution in [-0.4, -0.2) is 53.3 Å². The number of nitrogens with one attached hydrogen (secondary N) is 1. The van der Waals surface area contributed by atoms with Gasteiger partial charge in [0, 0.05) is 13.1 Å². The summed E-state index contributed by atoms with van der Waals surface area (Å²) in [6, 6.07) is -0.338. The highest BCUT2D eigenvalue weighted by molar-refractivity contribution is 5.95. The minimum Gasteiger partial charge on any atom is -0.356 e. The van der Waals surface area contributed by atoms with Crippen molar-refractivity contribution in [2.45, 2.75) is 25.3 Å². The number of hydrazine groups is 1. The minimum atomic E-state index is -0.563. The molecule has 2 saturated heterocycles. The van der Waals surface area contributed by atoms with E-state index in [-0.39, 0.29) is 37.4 Å². The van der Waals surface area contributed by atoms with Crippen LogP contribution in [0.1, 0.15) is 19.3 Å². The van der Waals surface area contributed by atoms with Gasteiger partial charge in [0.2, 0.25) is 11.8 Å². The number of amides is 2. The van der Waals surface area contributed by atoms with Crippen molar-refractivity contribution >= 4 is 17.8 Å². The molecule has 0 spiro atoms. The van der Waals surface area contributed by atoms with Crippen LogP contribution in [0.3, 0.4) is 0 Å². The van der Waals surface area contributed by atoms with Gasteiger partial charge in [-0.15, -0.1) is 0 Å². The molecular formula is C10H16N4O4. The van der Waals surface area contributed by atoms with E-state index in [1.807, 2.05) is 0 Å². The maximum absolute atomic E-state index is 12.1. The molecule has 0 aromatic rings. The van der Waals surface area contributed by atoms with Crippen molar-refractivity contribution in [3.05, 3.63) is 0 Å². The predicted octanol–water partition coefficient (Wildman–Crippen LogP) is -1.87. The average molecular weight is 256 g/mol. The van der Waals surface area contributed by atoms with Gasteiger partial charge in [0.25, 0.3) is 0 Å². The lowest BCUT2D eigenvalue weighted by molar-refractivity contribution is -0.156. The Balaban J connectivity index is 1.91. The highest BCUT2D eigenvalue weighted by atomic mass is 16.7. The van der Waals surface area contributed by atoms with E-state index in [4.69, 9.17) is 5.84 Å². The Morgan fingerprint density at radius 1 is 1.50 bits per heavy atom. The van der Waals surface area contributed by atoms with Crippen LogP contribution in [0.5, 0.6) is 0 Å². The molecule has 3 N–H and O–H groups in total. The maximum atomic E-state index is 12.1. The highest BCUT2D eigenvalue weighted by Gasteiger charge is 2.41. The van der Waals surface area contributed by atoms with Crippen molar-refractivity contribution in [3.63, 3.8) is 0 Å². The first kappa shape index (κ1) is 12.8. The lowest BCUT2D eigenvalue weighted by Crippen LogP contribution is -2.57. The lowest BCUT2D eigenvalue weighted by atomic mass is 10.1. The zero-order valence-electron chi connectivity index (χ0n) is 9.92. The Kier molecular flexibility index (Phi) is 3.78. The van der Waals surface area contributed by atoms with Gasteiger partial charge in [0.05, 0.1) is 13.0 Å². The van der Waals surface area contributed by atoms with Gasteiger partial charge in [0.1, 0.15) is 6.04 Å². The molecule has 18 heavy (non-hydrogen) atoms. The van der Waals surface area contributed by atoms with E-state index >= 15 is 0 Å². The van der Waals surface area contributed by atoms with Gasteiger partial charge in [-0.25, -0.2) is 5.84 Å². The zero-order chi connectivity index (χ0) is 13.1. The molecule has 0 aromatic heterocycles. The predicted molar refractivity (Wildman–Crippen MR) is 59.3 cm³/mol. The summed E-state index contributed by atoms with van der Waals surface area (Å²) < 4.78 is 0. The number of carbonyl (C=O) groups excluding carboxylic acids is 3. The fraction of sp³-hybridized carbons (Fsp3) is 0.700. The largest absolute Gasteiger partial charge is 0.356 e. The van der Waals surface area contributed by atoms with Crippen LogP contribution >= 0.6 is 0 Å². The highest BCUT2D eigenvalue weighted by Crippen LogP contribution is 2.23. The van der Waals surface area contributed by atoms with E-state index in [1.165, 1.54) is 4.90 Å². The molecule has 2 aliphatic heterocycles. The molecule has 0 saturated carbocycles. The molecule has 0 radical (unpaired) electrons.